The normalized spacial score (nSPS) is 27.1. The summed E-state index contributed by atoms with van der Waals surface area (Å²) in [6.07, 6.45) is -1.14. The summed E-state index contributed by atoms with van der Waals surface area (Å²) in [5.41, 5.74) is 0. The number of ether oxygens (including phenoxy) is 2. The number of carbonyl (C=O) groups is 2. The first-order chi connectivity index (χ1) is 6.58. The molecule has 0 spiro atoms. The molecule has 14 heavy (non-hydrogen) atoms. The van der Waals surface area contributed by atoms with Gasteiger partial charge in [0.05, 0.1) is 38.3 Å². The maximum atomic E-state index is 10.3. The van der Waals surface area contributed by atoms with Gasteiger partial charge in [-0.15, -0.1) is 0 Å². The lowest BCUT2D eigenvalue weighted by molar-refractivity contribution is -0.164. The minimum Gasteiger partial charge on any atom is -0.481 e. The lowest BCUT2D eigenvalue weighted by atomic mass is 10.2. The van der Waals surface area contributed by atoms with Crippen molar-refractivity contribution < 1.29 is 29.3 Å². The Morgan fingerprint density at radius 1 is 1.00 bits per heavy atom. The molecule has 2 N–H and O–H groups in total. The van der Waals surface area contributed by atoms with Crippen LogP contribution in [0.3, 0.4) is 0 Å². The van der Waals surface area contributed by atoms with Gasteiger partial charge in [-0.1, -0.05) is 0 Å². The van der Waals surface area contributed by atoms with E-state index in [1.165, 1.54) is 0 Å². The van der Waals surface area contributed by atoms with Gasteiger partial charge in [0.15, 0.2) is 0 Å². The first kappa shape index (κ1) is 10.9. The standard InChI is InChI=1S/C8H12O6/c9-7(10)1-5-3-14-6(4-13-5)2-8(11)12/h5-6H,1-4H2,(H,9,10)(H,11,12)/t5-,6-/m1/s1. The fourth-order valence-corrected chi connectivity index (χ4v) is 1.21. The summed E-state index contributed by atoms with van der Waals surface area (Å²) in [6.45, 7) is 0.286. The minimum atomic E-state index is -0.949. The summed E-state index contributed by atoms with van der Waals surface area (Å²) < 4.78 is 10.3. The second kappa shape index (κ2) is 4.92. The molecule has 0 radical (unpaired) electrons. The van der Waals surface area contributed by atoms with Crippen molar-refractivity contribution in [2.75, 3.05) is 13.2 Å². The minimum absolute atomic E-state index is 0.111. The quantitative estimate of drug-likeness (QED) is 0.654. The largest absolute Gasteiger partial charge is 0.481 e. The zero-order valence-electron chi connectivity index (χ0n) is 7.51. The number of carboxylic acids is 2. The van der Waals surface area contributed by atoms with E-state index in [1.54, 1.807) is 0 Å². The number of hydrogen-bond acceptors (Lipinski definition) is 4. The Balaban J connectivity index is 2.24. The topological polar surface area (TPSA) is 93.1 Å². The van der Waals surface area contributed by atoms with Crippen molar-refractivity contribution in [3.05, 3.63) is 0 Å². The van der Waals surface area contributed by atoms with Gasteiger partial charge in [-0.25, -0.2) is 0 Å². The van der Waals surface area contributed by atoms with E-state index >= 15 is 0 Å². The highest BCUT2D eigenvalue weighted by Crippen LogP contribution is 2.12. The average Bonchev–Trinajstić information content (AvgIpc) is 2.06. The van der Waals surface area contributed by atoms with Crippen molar-refractivity contribution in [1.82, 2.24) is 0 Å². The lowest BCUT2D eigenvalue weighted by Gasteiger charge is -2.27. The van der Waals surface area contributed by atoms with Crippen LogP contribution in [-0.4, -0.2) is 47.6 Å². The first-order valence-corrected chi connectivity index (χ1v) is 4.24. The van der Waals surface area contributed by atoms with E-state index in [1.807, 2.05) is 0 Å². The molecule has 6 nitrogen and oxygen atoms in total. The van der Waals surface area contributed by atoms with E-state index in [0.29, 0.717) is 0 Å². The van der Waals surface area contributed by atoms with E-state index in [4.69, 9.17) is 19.7 Å². The van der Waals surface area contributed by atoms with Gasteiger partial charge in [0.25, 0.3) is 0 Å². The second-order valence-corrected chi connectivity index (χ2v) is 3.11. The van der Waals surface area contributed by atoms with Gasteiger partial charge in [-0.2, -0.15) is 0 Å². The Morgan fingerprint density at radius 3 is 1.57 bits per heavy atom. The van der Waals surface area contributed by atoms with Crippen LogP contribution in [0.25, 0.3) is 0 Å². The monoisotopic (exact) mass is 204 g/mol. The summed E-state index contributed by atoms with van der Waals surface area (Å²) in [5.74, 6) is -1.90. The Hall–Kier alpha value is -1.14. The summed E-state index contributed by atoms with van der Waals surface area (Å²) in [6, 6.07) is 0. The Kier molecular flexibility index (Phi) is 3.84. The molecule has 0 unspecified atom stereocenters. The van der Waals surface area contributed by atoms with Crippen LogP contribution in [0.5, 0.6) is 0 Å². The molecule has 0 aromatic rings. The van der Waals surface area contributed by atoms with Crippen molar-refractivity contribution in [3.63, 3.8) is 0 Å². The van der Waals surface area contributed by atoms with Crippen LogP contribution >= 0.6 is 0 Å². The molecule has 2 atom stereocenters. The fraction of sp³-hybridized carbons (Fsp3) is 0.750. The van der Waals surface area contributed by atoms with Crippen molar-refractivity contribution in [1.29, 1.82) is 0 Å². The molecule has 1 heterocycles. The van der Waals surface area contributed by atoms with Gasteiger partial charge in [0.1, 0.15) is 0 Å². The molecule has 1 aliphatic rings. The van der Waals surface area contributed by atoms with Gasteiger partial charge in [0, 0.05) is 0 Å². The maximum Gasteiger partial charge on any atom is 0.306 e. The van der Waals surface area contributed by atoms with E-state index < -0.39 is 24.1 Å². The summed E-state index contributed by atoms with van der Waals surface area (Å²) in [7, 11) is 0. The van der Waals surface area contributed by atoms with E-state index in [0.717, 1.165) is 0 Å². The van der Waals surface area contributed by atoms with Crippen LogP contribution in [0.2, 0.25) is 0 Å². The molecule has 0 aromatic heterocycles. The third kappa shape index (κ3) is 3.71. The zero-order valence-corrected chi connectivity index (χ0v) is 7.51. The molecule has 1 rings (SSSR count). The number of aliphatic carboxylic acids is 2. The van der Waals surface area contributed by atoms with Gasteiger partial charge < -0.3 is 19.7 Å². The molecule has 0 aliphatic carbocycles. The number of rotatable bonds is 4. The van der Waals surface area contributed by atoms with Crippen molar-refractivity contribution in [2.24, 2.45) is 0 Å². The van der Waals surface area contributed by atoms with Gasteiger partial charge >= 0.3 is 11.9 Å². The highest BCUT2D eigenvalue weighted by atomic mass is 16.6. The highest BCUT2D eigenvalue weighted by molar-refractivity contribution is 5.68. The third-order valence-electron chi connectivity index (χ3n) is 1.84. The lowest BCUT2D eigenvalue weighted by Crippen LogP contribution is -2.37. The molecule has 1 aliphatic heterocycles. The predicted molar refractivity (Wildman–Crippen MR) is 44.0 cm³/mol. The molecular weight excluding hydrogens is 192 g/mol. The smallest absolute Gasteiger partial charge is 0.306 e. The maximum absolute atomic E-state index is 10.3. The number of hydrogen-bond donors (Lipinski definition) is 2. The van der Waals surface area contributed by atoms with Crippen molar-refractivity contribution in [3.8, 4) is 0 Å². The second-order valence-electron chi connectivity index (χ2n) is 3.11. The van der Waals surface area contributed by atoms with Crippen LogP contribution in [0.4, 0.5) is 0 Å². The molecule has 80 valence electrons. The molecule has 0 bridgehead atoms. The van der Waals surface area contributed by atoms with Crippen molar-refractivity contribution >= 4 is 11.9 Å². The van der Waals surface area contributed by atoms with Gasteiger partial charge in [0.2, 0.25) is 0 Å². The molecule has 6 heteroatoms. The van der Waals surface area contributed by atoms with E-state index in [9.17, 15) is 9.59 Å². The van der Waals surface area contributed by atoms with Crippen LogP contribution in [0, 0.1) is 0 Å². The van der Waals surface area contributed by atoms with Crippen LogP contribution < -0.4 is 0 Å². The van der Waals surface area contributed by atoms with Crippen molar-refractivity contribution in [2.45, 2.75) is 25.0 Å². The highest BCUT2D eigenvalue weighted by Gasteiger charge is 2.25. The molecule has 1 saturated heterocycles. The molecular formula is C8H12O6. The van der Waals surface area contributed by atoms with Gasteiger partial charge in [-0.05, 0) is 0 Å². The first-order valence-electron chi connectivity index (χ1n) is 4.24. The zero-order chi connectivity index (χ0) is 10.6. The summed E-state index contributed by atoms with van der Waals surface area (Å²) >= 11 is 0. The summed E-state index contributed by atoms with van der Waals surface area (Å²) in [4.78, 5) is 20.6. The average molecular weight is 204 g/mol. The van der Waals surface area contributed by atoms with Crippen LogP contribution in [0.1, 0.15) is 12.8 Å². The van der Waals surface area contributed by atoms with Gasteiger partial charge in [-0.3, -0.25) is 9.59 Å². The van der Waals surface area contributed by atoms with Crippen LogP contribution in [-0.2, 0) is 19.1 Å². The number of carboxylic acid groups (broad SMARTS) is 2. The third-order valence-corrected chi connectivity index (χ3v) is 1.84. The van der Waals surface area contributed by atoms with Crippen LogP contribution in [0.15, 0.2) is 0 Å². The molecule has 1 fully saturated rings. The predicted octanol–water partition coefficient (Wildman–Crippen LogP) is -0.280. The van der Waals surface area contributed by atoms with E-state index in [2.05, 4.69) is 0 Å². The van der Waals surface area contributed by atoms with E-state index in [-0.39, 0.29) is 26.1 Å². The molecule has 0 saturated carbocycles. The molecule has 0 amide bonds. The Bertz CT molecular complexity index is 194. The molecule has 0 aromatic carbocycles. The fourth-order valence-electron chi connectivity index (χ4n) is 1.21. The Labute approximate surface area is 80.4 Å². The Morgan fingerprint density at radius 2 is 1.36 bits per heavy atom. The SMILES string of the molecule is O=C(O)C[C@@H]1CO[C@H](CC(=O)O)CO1. The summed E-state index contributed by atoms with van der Waals surface area (Å²) in [5, 5.41) is 16.9.